The second-order valence-electron chi connectivity index (χ2n) is 5.19. The second-order valence-corrected chi connectivity index (χ2v) is 6.14. The van der Waals surface area contributed by atoms with Gasteiger partial charge < -0.3 is 15.4 Å². The maximum absolute atomic E-state index is 12.0. The van der Waals surface area contributed by atoms with E-state index < -0.39 is 0 Å². The molecule has 0 aliphatic carbocycles. The van der Waals surface area contributed by atoms with Gasteiger partial charge in [-0.3, -0.25) is 4.79 Å². The molecule has 1 aromatic carbocycles. The number of anilines is 3. The highest BCUT2D eigenvalue weighted by molar-refractivity contribution is 7.12. The lowest BCUT2D eigenvalue weighted by molar-refractivity contribution is 0.103. The second kappa shape index (κ2) is 7.14. The maximum Gasteiger partial charge on any atom is 0.266 e. The van der Waals surface area contributed by atoms with Gasteiger partial charge in [0.1, 0.15) is 11.6 Å². The van der Waals surface area contributed by atoms with Crippen LogP contribution in [-0.4, -0.2) is 18.0 Å². The van der Waals surface area contributed by atoms with Gasteiger partial charge in [-0.1, -0.05) is 12.1 Å². The minimum absolute atomic E-state index is 0.154. The van der Waals surface area contributed by atoms with E-state index in [2.05, 4.69) is 15.6 Å². The summed E-state index contributed by atoms with van der Waals surface area (Å²) in [5.41, 5.74) is 2.81. The molecule has 0 unspecified atom stereocenters. The van der Waals surface area contributed by atoms with Gasteiger partial charge in [-0.25, -0.2) is 4.98 Å². The molecule has 2 N–H and O–H groups in total. The maximum atomic E-state index is 12.0. The molecule has 0 aliphatic rings. The van der Waals surface area contributed by atoms with E-state index in [1.165, 1.54) is 11.3 Å². The lowest BCUT2D eigenvalue weighted by atomic mass is 10.2. The molecule has 0 saturated carbocycles. The zero-order valence-electron chi connectivity index (χ0n) is 13.4. The molecule has 122 valence electrons. The van der Waals surface area contributed by atoms with Crippen molar-refractivity contribution in [2.75, 3.05) is 17.7 Å². The van der Waals surface area contributed by atoms with Crippen LogP contribution >= 0.6 is 11.3 Å². The number of amides is 1. The Morgan fingerprint density at radius 1 is 1.21 bits per heavy atom. The van der Waals surface area contributed by atoms with E-state index in [0.717, 1.165) is 22.7 Å². The van der Waals surface area contributed by atoms with Crippen molar-refractivity contribution < 1.29 is 9.53 Å². The zero-order valence-corrected chi connectivity index (χ0v) is 14.2. The fraction of sp³-hybridized carbons (Fsp3) is 0.111. The van der Waals surface area contributed by atoms with Gasteiger partial charge in [0.15, 0.2) is 0 Å². The normalized spacial score (nSPS) is 10.2. The van der Waals surface area contributed by atoms with Crippen LogP contribution in [0.1, 0.15) is 15.2 Å². The van der Waals surface area contributed by atoms with E-state index in [0.29, 0.717) is 10.7 Å². The molecule has 5 nitrogen and oxygen atoms in total. The summed E-state index contributed by atoms with van der Waals surface area (Å²) < 4.78 is 5.35. The molecule has 6 heteroatoms. The van der Waals surface area contributed by atoms with Crippen molar-refractivity contribution in [2.45, 2.75) is 6.92 Å². The summed E-state index contributed by atoms with van der Waals surface area (Å²) >= 11 is 1.39. The number of thiophene rings is 1. The average Bonchev–Trinajstić information content (AvgIpc) is 3.11. The molecule has 3 aromatic rings. The Labute approximate surface area is 144 Å². The lowest BCUT2D eigenvalue weighted by Crippen LogP contribution is -2.11. The first-order valence-corrected chi connectivity index (χ1v) is 8.26. The minimum atomic E-state index is -0.154. The van der Waals surface area contributed by atoms with Crippen LogP contribution in [0, 0.1) is 6.92 Å². The highest BCUT2D eigenvalue weighted by atomic mass is 32.1. The number of rotatable bonds is 5. The Morgan fingerprint density at radius 2 is 2.08 bits per heavy atom. The smallest absolute Gasteiger partial charge is 0.266 e. The fourth-order valence-electron chi connectivity index (χ4n) is 2.20. The van der Waals surface area contributed by atoms with Gasteiger partial charge in [-0.2, -0.15) is 0 Å². The minimum Gasteiger partial charge on any atom is -0.495 e. The van der Waals surface area contributed by atoms with Crippen LogP contribution in [0.5, 0.6) is 5.75 Å². The standard InChI is InChI=1S/C18H17N3O2S/c1-12-5-7-15(23-2)14(10-12)20-13-6-8-17(19-11-13)21-18(22)16-4-3-9-24-16/h3-11,20H,1-2H3,(H,19,21,22). The molecular weight excluding hydrogens is 322 g/mol. The van der Waals surface area contributed by atoms with E-state index in [1.807, 2.05) is 42.6 Å². The van der Waals surface area contributed by atoms with Crippen molar-refractivity contribution in [1.82, 2.24) is 4.98 Å². The number of benzene rings is 1. The molecule has 2 aromatic heterocycles. The molecule has 24 heavy (non-hydrogen) atoms. The van der Waals surface area contributed by atoms with Gasteiger partial charge >= 0.3 is 0 Å². The van der Waals surface area contributed by atoms with E-state index in [1.54, 1.807) is 25.4 Å². The van der Waals surface area contributed by atoms with Gasteiger partial charge in [-0.15, -0.1) is 11.3 Å². The van der Waals surface area contributed by atoms with Crippen molar-refractivity contribution in [2.24, 2.45) is 0 Å². The number of carbonyl (C=O) groups excluding carboxylic acids is 1. The van der Waals surface area contributed by atoms with Crippen LogP contribution in [-0.2, 0) is 0 Å². The number of nitrogens with zero attached hydrogens (tertiary/aromatic N) is 1. The summed E-state index contributed by atoms with van der Waals surface area (Å²) in [6, 6.07) is 13.2. The number of hydrogen-bond donors (Lipinski definition) is 2. The molecule has 0 bridgehead atoms. The summed E-state index contributed by atoms with van der Waals surface area (Å²) in [6.45, 7) is 2.02. The summed E-state index contributed by atoms with van der Waals surface area (Å²) in [5.74, 6) is 1.12. The Morgan fingerprint density at radius 3 is 2.75 bits per heavy atom. The number of methoxy groups -OCH3 is 1. The number of hydrogen-bond acceptors (Lipinski definition) is 5. The van der Waals surface area contributed by atoms with Crippen molar-refractivity contribution in [3.8, 4) is 5.75 Å². The fourth-order valence-corrected chi connectivity index (χ4v) is 2.82. The average molecular weight is 339 g/mol. The molecule has 2 heterocycles. The summed E-state index contributed by atoms with van der Waals surface area (Å²) in [4.78, 5) is 16.9. The summed E-state index contributed by atoms with van der Waals surface area (Å²) in [7, 11) is 1.64. The molecule has 0 aliphatic heterocycles. The molecule has 1 amide bonds. The molecule has 0 fully saturated rings. The SMILES string of the molecule is COc1ccc(C)cc1Nc1ccc(NC(=O)c2cccs2)nc1. The quantitative estimate of drug-likeness (QED) is 0.720. The van der Waals surface area contributed by atoms with E-state index in [9.17, 15) is 4.79 Å². The van der Waals surface area contributed by atoms with Crippen molar-refractivity contribution in [3.63, 3.8) is 0 Å². The number of ether oxygens (including phenoxy) is 1. The first-order valence-electron chi connectivity index (χ1n) is 7.38. The molecule has 0 saturated heterocycles. The van der Waals surface area contributed by atoms with Crippen molar-refractivity contribution >= 4 is 34.4 Å². The van der Waals surface area contributed by atoms with E-state index in [4.69, 9.17) is 4.74 Å². The Kier molecular flexibility index (Phi) is 4.77. The highest BCUT2D eigenvalue weighted by Crippen LogP contribution is 2.28. The van der Waals surface area contributed by atoms with Gasteiger partial charge in [0.25, 0.3) is 5.91 Å². The van der Waals surface area contributed by atoms with Crippen LogP contribution in [0.15, 0.2) is 54.0 Å². The highest BCUT2D eigenvalue weighted by Gasteiger charge is 2.08. The third kappa shape index (κ3) is 3.72. The third-order valence-corrected chi connectivity index (χ3v) is 4.25. The molecule has 0 atom stereocenters. The topological polar surface area (TPSA) is 63.2 Å². The van der Waals surface area contributed by atoms with Crippen LogP contribution in [0.25, 0.3) is 0 Å². The molecule has 0 radical (unpaired) electrons. The Balaban J connectivity index is 1.71. The molecular formula is C18H17N3O2S. The first kappa shape index (κ1) is 16.0. The van der Waals surface area contributed by atoms with Crippen LogP contribution < -0.4 is 15.4 Å². The third-order valence-electron chi connectivity index (χ3n) is 3.38. The number of aryl methyl sites for hydroxylation is 1. The number of carbonyl (C=O) groups is 1. The van der Waals surface area contributed by atoms with Crippen LogP contribution in [0.4, 0.5) is 17.2 Å². The predicted molar refractivity (Wildman–Crippen MR) is 97.5 cm³/mol. The zero-order chi connectivity index (χ0) is 16.9. The molecule has 0 spiro atoms. The van der Waals surface area contributed by atoms with Crippen molar-refractivity contribution in [1.29, 1.82) is 0 Å². The number of nitrogens with one attached hydrogen (secondary N) is 2. The van der Waals surface area contributed by atoms with E-state index in [-0.39, 0.29) is 5.91 Å². The molecule has 3 rings (SSSR count). The van der Waals surface area contributed by atoms with Gasteiger partial charge in [0.05, 0.1) is 29.6 Å². The monoisotopic (exact) mass is 339 g/mol. The summed E-state index contributed by atoms with van der Waals surface area (Å²) in [5, 5.41) is 7.91. The predicted octanol–water partition coefficient (Wildman–Crippen LogP) is 4.46. The number of pyridine rings is 1. The number of aromatic nitrogens is 1. The van der Waals surface area contributed by atoms with Gasteiger partial charge in [-0.05, 0) is 48.2 Å². The van der Waals surface area contributed by atoms with Crippen LogP contribution in [0.2, 0.25) is 0 Å². The van der Waals surface area contributed by atoms with Crippen molar-refractivity contribution in [3.05, 3.63) is 64.5 Å². The van der Waals surface area contributed by atoms with E-state index >= 15 is 0 Å². The van der Waals surface area contributed by atoms with Crippen LogP contribution in [0.3, 0.4) is 0 Å². The Hall–Kier alpha value is -2.86. The first-order chi connectivity index (χ1) is 11.7. The van der Waals surface area contributed by atoms with Gasteiger partial charge in [0, 0.05) is 0 Å². The summed E-state index contributed by atoms with van der Waals surface area (Å²) in [6.07, 6.45) is 1.67. The lowest BCUT2D eigenvalue weighted by Gasteiger charge is -2.12. The largest absolute Gasteiger partial charge is 0.495 e. The Bertz CT molecular complexity index is 830. The van der Waals surface area contributed by atoms with Gasteiger partial charge in [0.2, 0.25) is 0 Å².